The zero-order chi connectivity index (χ0) is 11.7. The molecule has 0 saturated heterocycles. The molecule has 0 fully saturated rings. The van der Waals surface area contributed by atoms with Crippen molar-refractivity contribution in [2.75, 3.05) is 11.6 Å². The average Bonchev–Trinajstić information content (AvgIpc) is 2.64. The zero-order valence-corrected chi connectivity index (χ0v) is 7.84. The van der Waals surface area contributed by atoms with E-state index >= 15 is 0 Å². The predicted molar refractivity (Wildman–Crippen MR) is 51.3 cm³/mol. The van der Waals surface area contributed by atoms with Gasteiger partial charge in [0.2, 0.25) is 5.95 Å². The van der Waals surface area contributed by atoms with Gasteiger partial charge in [0, 0.05) is 0 Å². The molecule has 0 atom stereocenters. The third-order valence-corrected chi connectivity index (χ3v) is 1.81. The smallest absolute Gasteiger partial charge is 0.325 e. The molecule has 0 aliphatic carbocycles. The van der Waals surface area contributed by atoms with Crippen LogP contribution in [0.15, 0.2) is 11.1 Å². The van der Waals surface area contributed by atoms with E-state index in [0.717, 1.165) is 0 Å². The van der Waals surface area contributed by atoms with Crippen LogP contribution in [0.25, 0.3) is 11.2 Å². The van der Waals surface area contributed by atoms with E-state index in [-0.39, 0.29) is 17.1 Å². The quantitative estimate of drug-likeness (QED) is 0.488. The highest BCUT2D eigenvalue weighted by molar-refractivity contribution is 5.73. The highest BCUT2D eigenvalue weighted by Crippen LogP contribution is 2.05. The summed E-state index contributed by atoms with van der Waals surface area (Å²) in [5, 5.41) is 18.1. The summed E-state index contributed by atoms with van der Waals surface area (Å²) < 4.78 is 0. The Morgan fingerprint density at radius 3 is 3.00 bits per heavy atom. The molecule has 16 heavy (non-hydrogen) atoms. The van der Waals surface area contributed by atoms with Gasteiger partial charge in [-0.3, -0.25) is 19.8 Å². The molecule has 0 aliphatic rings. The second kappa shape index (κ2) is 3.62. The molecule has 0 radical (unpaired) electrons. The number of rotatable bonds is 3. The van der Waals surface area contributed by atoms with Crippen molar-refractivity contribution in [2.24, 2.45) is 0 Å². The molecule has 0 saturated carbocycles. The number of nitrogens with zero attached hydrogens (tertiary/aromatic N) is 3. The topological polar surface area (TPSA) is 135 Å². The lowest BCUT2D eigenvalue weighted by atomic mass is 10.5. The van der Waals surface area contributed by atoms with Crippen LogP contribution in [-0.2, 0) is 4.79 Å². The first-order chi connectivity index (χ1) is 7.58. The van der Waals surface area contributed by atoms with Gasteiger partial charge >= 0.3 is 5.97 Å². The van der Waals surface area contributed by atoms with Gasteiger partial charge in [0.05, 0.1) is 6.33 Å². The van der Waals surface area contributed by atoms with E-state index in [9.17, 15) is 14.8 Å². The maximum absolute atomic E-state index is 11.4. The summed E-state index contributed by atoms with van der Waals surface area (Å²) in [6, 6.07) is 0. The minimum Gasteiger partial charge on any atom is -0.480 e. The van der Waals surface area contributed by atoms with Gasteiger partial charge in [0.1, 0.15) is 6.54 Å². The SMILES string of the molecule is O=C(O)CN(O)c1nc2nc[nH]c2c(=O)[nH]1. The van der Waals surface area contributed by atoms with Gasteiger partial charge in [0.15, 0.2) is 11.2 Å². The lowest BCUT2D eigenvalue weighted by Crippen LogP contribution is -2.29. The maximum atomic E-state index is 11.4. The number of fused-ring (bicyclic) bond motifs is 1. The number of carboxylic acids is 1. The van der Waals surface area contributed by atoms with Gasteiger partial charge in [-0.15, -0.1) is 0 Å². The Labute approximate surface area is 87.3 Å². The Bertz CT molecular complexity index is 588. The molecule has 2 aromatic rings. The first kappa shape index (κ1) is 10.1. The molecule has 9 nitrogen and oxygen atoms in total. The summed E-state index contributed by atoms with van der Waals surface area (Å²) in [6.07, 6.45) is 1.27. The van der Waals surface area contributed by atoms with Crippen molar-refractivity contribution in [1.29, 1.82) is 0 Å². The van der Waals surface area contributed by atoms with Crippen LogP contribution in [0.3, 0.4) is 0 Å². The molecule has 0 unspecified atom stereocenters. The number of imidazole rings is 1. The maximum Gasteiger partial charge on any atom is 0.325 e. The minimum absolute atomic E-state index is 0.100. The fourth-order valence-electron chi connectivity index (χ4n) is 1.16. The lowest BCUT2D eigenvalue weighted by molar-refractivity contribution is -0.136. The van der Waals surface area contributed by atoms with Crippen LogP contribution >= 0.6 is 0 Å². The average molecular weight is 225 g/mol. The van der Waals surface area contributed by atoms with Crippen LogP contribution < -0.4 is 10.6 Å². The van der Waals surface area contributed by atoms with Crippen molar-refractivity contribution >= 4 is 23.1 Å². The van der Waals surface area contributed by atoms with Crippen LogP contribution in [0.1, 0.15) is 0 Å². The van der Waals surface area contributed by atoms with Gasteiger partial charge < -0.3 is 10.1 Å². The standard InChI is InChI=1S/C7H7N5O4/c13-3(14)1-12(16)7-10-5-4(6(15)11-7)8-2-9-5/h2,16H,1H2,(H,13,14)(H2,8,9,10,11,15). The summed E-state index contributed by atoms with van der Waals surface area (Å²) in [5.41, 5.74) is -0.280. The summed E-state index contributed by atoms with van der Waals surface area (Å²) in [6.45, 7) is -0.696. The second-order valence-electron chi connectivity index (χ2n) is 2.94. The summed E-state index contributed by atoms with van der Waals surface area (Å²) in [4.78, 5) is 34.0. The van der Waals surface area contributed by atoms with Crippen molar-refractivity contribution in [3.05, 3.63) is 16.7 Å². The Kier molecular flexibility index (Phi) is 2.29. The molecule has 4 N–H and O–H groups in total. The van der Waals surface area contributed by atoms with Crippen LogP contribution in [0.5, 0.6) is 0 Å². The van der Waals surface area contributed by atoms with Crippen LogP contribution in [-0.4, -0.2) is 42.8 Å². The molecule has 2 heterocycles. The van der Waals surface area contributed by atoms with Gasteiger partial charge in [-0.05, 0) is 0 Å². The molecule has 0 spiro atoms. The van der Waals surface area contributed by atoms with Gasteiger partial charge in [0.25, 0.3) is 5.56 Å². The van der Waals surface area contributed by atoms with Crippen molar-refractivity contribution in [1.82, 2.24) is 19.9 Å². The Morgan fingerprint density at radius 1 is 1.56 bits per heavy atom. The summed E-state index contributed by atoms with van der Waals surface area (Å²) >= 11 is 0. The largest absolute Gasteiger partial charge is 0.480 e. The number of carboxylic acid groups (broad SMARTS) is 1. The van der Waals surface area contributed by atoms with Crippen molar-refractivity contribution < 1.29 is 15.1 Å². The number of aromatic amines is 2. The fraction of sp³-hybridized carbons (Fsp3) is 0.143. The molecule has 0 aliphatic heterocycles. The number of H-pyrrole nitrogens is 2. The minimum atomic E-state index is -1.26. The molecule has 0 aromatic carbocycles. The van der Waals surface area contributed by atoms with Crippen LogP contribution in [0.2, 0.25) is 0 Å². The predicted octanol–water partition coefficient (Wildman–Crippen LogP) is -1.07. The van der Waals surface area contributed by atoms with Crippen molar-refractivity contribution in [3.8, 4) is 0 Å². The number of aliphatic carboxylic acids is 1. The molecule has 0 bridgehead atoms. The first-order valence-corrected chi connectivity index (χ1v) is 4.19. The number of hydrogen-bond donors (Lipinski definition) is 4. The van der Waals surface area contributed by atoms with E-state index in [0.29, 0.717) is 5.06 Å². The van der Waals surface area contributed by atoms with E-state index in [1.54, 1.807) is 0 Å². The normalized spacial score (nSPS) is 10.6. The van der Waals surface area contributed by atoms with Crippen LogP contribution in [0, 0.1) is 0 Å². The van der Waals surface area contributed by atoms with E-state index < -0.39 is 18.1 Å². The van der Waals surface area contributed by atoms with E-state index in [4.69, 9.17) is 5.11 Å². The molecular weight excluding hydrogens is 218 g/mol. The van der Waals surface area contributed by atoms with E-state index in [1.807, 2.05) is 0 Å². The van der Waals surface area contributed by atoms with E-state index in [1.165, 1.54) is 6.33 Å². The third kappa shape index (κ3) is 1.70. The first-order valence-electron chi connectivity index (χ1n) is 4.19. The number of carbonyl (C=O) groups is 1. The number of hydrogen-bond acceptors (Lipinski definition) is 6. The number of nitrogens with one attached hydrogen (secondary N) is 2. The van der Waals surface area contributed by atoms with Crippen molar-refractivity contribution in [2.45, 2.75) is 0 Å². The van der Waals surface area contributed by atoms with Gasteiger partial charge in [-0.2, -0.15) is 4.98 Å². The Hall–Kier alpha value is -2.42. The Morgan fingerprint density at radius 2 is 2.31 bits per heavy atom. The summed E-state index contributed by atoms with van der Waals surface area (Å²) in [5.74, 6) is -1.53. The highest BCUT2D eigenvalue weighted by atomic mass is 16.5. The van der Waals surface area contributed by atoms with E-state index in [2.05, 4.69) is 19.9 Å². The third-order valence-electron chi connectivity index (χ3n) is 1.81. The van der Waals surface area contributed by atoms with Gasteiger partial charge in [-0.25, -0.2) is 10.0 Å². The molecule has 0 amide bonds. The summed E-state index contributed by atoms with van der Waals surface area (Å²) in [7, 11) is 0. The lowest BCUT2D eigenvalue weighted by Gasteiger charge is -2.11. The number of anilines is 1. The van der Waals surface area contributed by atoms with Crippen LogP contribution in [0.4, 0.5) is 5.95 Å². The molecule has 2 rings (SSSR count). The Balaban J connectivity index is 2.45. The zero-order valence-electron chi connectivity index (χ0n) is 7.84. The molecule has 84 valence electrons. The molecular formula is C7H7N5O4. The number of aromatic nitrogens is 4. The monoisotopic (exact) mass is 225 g/mol. The second-order valence-corrected chi connectivity index (χ2v) is 2.94. The van der Waals surface area contributed by atoms with Crippen molar-refractivity contribution in [3.63, 3.8) is 0 Å². The highest BCUT2D eigenvalue weighted by Gasteiger charge is 2.13. The molecule has 9 heteroatoms. The fourth-order valence-corrected chi connectivity index (χ4v) is 1.16. The molecule has 2 aromatic heterocycles. The number of hydroxylamine groups is 1. The van der Waals surface area contributed by atoms with Gasteiger partial charge in [-0.1, -0.05) is 0 Å².